The first-order valence-corrected chi connectivity index (χ1v) is 0.781. The summed E-state index contributed by atoms with van der Waals surface area (Å²) < 4.78 is 0. The summed E-state index contributed by atoms with van der Waals surface area (Å²) in [6.45, 7) is 0. The maximum atomic E-state index is 7.00. The van der Waals surface area contributed by atoms with E-state index in [0.717, 1.165) is 7.11 Å². The number of hydrogen-bond donors (Lipinski definition) is 3. The van der Waals surface area contributed by atoms with Crippen molar-refractivity contribution in [2.24, 2.45) is 11.7 Å². The Balaban J connectivity index is -0.0000000133. The summed E-state index contributed by atoms with van der Waals surface area (Å²) >= 11 is 0. The van der Waals surface area contributed by atoms with Gasteiger partial charge >= 0.3 is 1.43 Å². The van der Waals surface area contributed by atoms with E-state index in [1.54, 1.807) is 0 Å². The molecule has 28 valence electrons. The maximum absolute atomic E-state index is 7.00. The smallest absolute Gasteiger partial charge is 0.400 e. The summed E-state index contributed by atoms with van der Waals surface area (Å²) in [6, 6.07) is 0. The molecule has 0 aliphatic heterocycles. The van der Waals surface area contributed by atoms with Gasteiger partial charge in [0.15, 0.2) is 0 Å². The Bertz CT molecular complexity index is 9.61. The van der Waals surface area contributed by atoms with Gasteiger partial charge in [-0.1, -0.05) is 0 Å². The molecule has 3 nitrogen and oxygen atoms in total. The van der Waals surface area contributed by atoms with E-state index in [-0.39, 0.29) is 1.43 Å². The molecule has 4 heavy (non-hydrogen) atoms. The quantitative estimate of drug-likeness (QED) is 0.238. The monoisotopic (exact) mass is 65.1 g/mol. The molecule has 0 bridgehead atoms. The number of aliphatic hydroxyl groups is 1. The zero-order valence-electron chi connectivity index (χ0n) is 3.60. The van der Waals surface area contributed by atoms with Crippen LogP contribution in [0.1, 0.15) is 1.43 Å². The Morgan fingerprint density at radius 2 is 1.50 bits per heavy atom. The van der Waals surface area contributed by atoms with E-state index in [4.69, 9.17) is 5.11 Å². The van der Waals surface area contributed by atoms with E-state index < -0.39 is 0 Å². The van der Waals surface area contributed by atoms with Crippen LogP contribution in [0.2, 0.25) is 0 Å². The van der Waals surface area contributed by atoms with Crippen molar-refractivity contribution in [3.8, 4) is 0 Å². The second kappa shape index (κ2) is 707. The van der Waals surface area contributed by atoms with Crippen molar-refractivity contribution >= 4 is 0 Å². The fourth-order valence-corrected chi connectivity index (χ4v) is 0. The SMILES string of the molecule is CO.NN.[H+]. The van der Waals surface area contributed by atoms with Crippen molar-refractivity contribution in [1.82, 2.24) is 0 Å². The van der Waals surface area contributed by atoms with Crippen molar-refractivity contribution < 1.29 is 6.53 Å². The van der Waals surface area contributed by atoms with Crippen molar-refractivity contribution in [3.63, 3.8) is 0 Å². The first kappa shape index (κ1) is 9.11. The largest absolute Gasteiger partial charge is 1.00 e. The zero-order valence-corrected chi connectivity index (χ0v) is 2.60. The Morgan fingerprint density at radius 1 is 1.50 bits per heavy atom. The van der Waals surface area contributed by atoms with E-state index in [0.29, 0.717) is 0 Å². The van der Waals surface area contributed by atoms with Gasteiger partial charge in [-0.2, -0.15) is 0 Å². The molecule has 0 unspecified atom stereocenters. The average Bonchev–Trinajstić information content (AvgIpc) is 1.50. The highest BCUT2D eigenvalue weighted by Gasteiger charge is 0.839. The fraction of sp³-hybridized carbons (Fsp3) is 1.00. The lowest BCUT2D eigenvalue weighted by Crippen LogP contribution is -2.02. The molecular formula is CH9N2O+. The van der Waals surface area contributed by atoms with Crippen molar-refractivity contribution in [2.45, 2.75) is 0 Å². The van der Waals surface area contributed by atoms with Gasteiger partial charge in [-0.25, -0.2) is 0 Å². The standard InChI is InChI=1S/CH4O.H4N2/c2*1-2/h2H,1H3;1-2H2/p+1. The molecule has 0 aliphatic carbocycles. The van der Waals surface area contributed by atoms with Crippen LogP contribution in [0.25, 0.3) is 0 Å². The Morgan fingerprint density at radius 3 is 1.50 bits per heavy atom. The van der Waals surface area contributed by atoms with Gasteiger partial charge in [0.2, 0.25) is 0 Å². The van der Waals surface area contributed by atoms with Crippen LogP contribution < -0.4 is 11.7 Å². The molecule has 0 aromatic heterocycles. The first-order valence-electron chi connectivity index (χ1n) is 0.781. The minimum absolute atomic E-state index is 0. The van der Waals surface area contributed by atoms with E-state index in [1.165, 1.54) is 0 Å². The Hall–Kier alpha value is -0.120. The second-order valence-corrected chi connectivity index (χ2v) is 0. The van der Waals surface area contributed by atoms with Crippen LogP contribution in [0.15, 0.2) is 0 Å². The Kier molecular flexibility index (Phi) is 1610. The number of aliphatic hydroxyl groups excluding tert-OH is 1. The van der Waals surface area contributed by atoms with Crippen LogP contribution >= 0.6 is 0 Å². The molecule has 0 amide bonds. The highest BCUT2D eigenvalue weighted by Crippen LogP contribution is 0.755. The van der Waals surface area contributed by atoms with Crippen LogP contribution in [0.3, 0.4) is 0 Å². The third-order valence-electron chi connectivity index (χ3n) is 0. The zero-order chi connectivity index (χ0) is 4.00. The maximum Gasteiger partial charge on any atom is 1.00 e. The molecule has 0 aromatic rings. The van der Waals surface area contributed by atoms with Gasteiger partial charge < -0.3 is 5.11 Å². The third kappa shape index (κ3) is 101. The van der Waals surface area contributed by atoms with Crippen LogP contribution in [-0.2, 0) is 0 Å². The molecule has 5 N–H and O–H groups in total. The lowest BCUT2D eigenvalue weighted by atomic mass is 11.8. The molecule has 0 spiro atoms. The average molecular weight is 65.1 g/mol. The van der Waals surface area contributed by atoms with Gasteiger partial charge in [-0.15, -0.1) is 0 Å². The number of hydrogen-bond acceptors (Lipinski definition) is 3. The summed E-state index contributed by atoms with van der Waals surface area (Å²) in [7, 11) is 1.00. The predicted molar refractivity (Wildman–Crippen MR) is 17.6 cm³/mol. The summed E-state index contributed by atoms with van der Waals surface area (Å²) in [5.74, 6) is 8.00. The minimum atomic E-state index is 0. The normalized spacial score (nSPS) is 3.00. The first-order chi connectivity index (χ1) is 2.00. The lowest BCUT2D eigenvalue weighted by molar-refractivity contribution is 0.399. The minimum Gasteiger partial charge on any atom is -0.400 e. The van der Waals surface area contributed by atoms with Crippen molar-refractivity contribution in [3.05, 3.63) is 0 Å². The molecule has 0 aromatic carbocycles. The molecule has 0 aliphatic rings. The molecule has 3 heteroatoms. The van der Waals surface area contributed by atoms with Crippen molar-refractivity contribution in [1.29, 1.82) is 0 Å². The highest BCUT2D eigenvalue weighted by molar-refractivity contribution is 3.26. The third-order valence-corrected chi connectivity index (χ3v) is 0. The lowest BCUT2D eigenvalue weighted by Gasteiger charge is -1.27. The number of hydrazine groups is 1. The topological polar surface area (TPSA) is 72.3 Å². The van der Waals surface area contributed by atoms with Gasteiger partial charge in [0.1, 0.15) is 0 Å². The fourth-order valence-electron chi connectivity index (χ4n) is 0. The molecule has 0 rings (SSSR count). The molecule has 0 fully saturated rings. The van der Waals surface area contributed by atoms with Gasteiger partial charge in [-0.05, 0) is 0 Å². The number of rotatable bonds is 0. The van der Waals surface area contributed by atoms with Crippen LogP contribution in [0.4, 0.5) is 0 Å². The van der Waals surface area contributed by atoms with E-state index in [1.807, 2.05) is 0 Å². The van der Waals surface area contributed by atoms with Crippen LogP contribution in [0, 0.1) is 0 Å². The summed E-state index contributed by atoms with van der Waals surface area (Å²) in [5.41, 5.74) is 0. The molecule has 0 saturated carbocycles. The predicted octanol–water partition coefficient (Wildman–Crippen LogP) is -1.46. The van der Waals surface area contributed by atoms with Crippen LogP contribution in [0.5, 0.6) is 0 Å². The van der Waals surface area contributed by atoms with Crippen molar-refractivity contribution in [2.75, 3.05) is 7.11 Å². The molecule has 0 heterocycles. The van der Waals surface area contributed by atoms with Crippen LogP contribution in [-0.4, -0.2) is 12.2 Å². The summed E-state index contributed by atoms with van der Waals surface area (Å²) in [4.78, 5) is 0. The highest BCUT2D eigenvalue weighted by atomic mass is 16.2. The number of nitrogens with two attached hydrogens (primary N) is 2. The van der Waals surface area contributed by atoms with E-state index >= 15 is 0 Å². The summed E-state index contributed by atoms with van der Waals surface area (Å²) in [5, 5.41) is 7.00. The molecule has 0 atom stereocenters. The van der Waals surface area contributed by atoms with Gasteiger partial charge in [0.25, 0.3) is 0 Å². The molecular weight excluding hydrogens is 56.0 g/mol. The Labute approximate surface area is 26.7 Å². The van der Waals surface area contributed by atoms with E-state index in [9.17, 15) is 0 Å². The summed E-state index contributed by atoms with van der Waals surface area (Å²) in [6.07, 6.45) is 0. The molecule has 0 saturated heterocycles. The van der Waals surface area contributed by atoms with Gasteiger partial charge in [-0.3, -0.25) is 11.7 Å². The van der Waals surface area contributed by atoms with Gasteiger partial charge in [0.05, 0.1) is 0 Å². The second-order valence-electron chi connectivity index (χ2n) is 0. The molecule has 0 radical (unpaired) electrons. The van der Waals surface area contributed by atoms with E-state index in [2.05, 4.69) is 11.7 Å². The van der Waals surface area contributed by atoms with Gasteiger partial charge in [0, 0.05) is 7.11 Å².